The molecule has 2 unspecified atom stereocenters. The first-order valence-electron chi connectivity index (χ1n) is 14.8. The summed E-state index contributed by atoms with van der Waals surface area (Å²) in [6, 6.07) is 25.8. The van der Waals surface area contributed by atoms with Crippen molar-refractivity contribution in [1.82, 2.24) is 50.2 Å². The number of thiophene rings is 2. The quantitative estimate of drug-likeness (QED) is 0.211. The fourth-order valence-electron chi connectivity index (χ4n) is 5.94. The van der Waals surface area contributed by atoms with Crippen molar-refractivity contribution < 1.29 is 0 Å². The van der Waals surface area contributed by atoms with Crippen molar-refractivity contribution in [2.75, 3.05) is 26.2 Å². The molecule has 2 atom stereocenters. The van der Waals surface area contributed by atoms with E-state index < -0.39 is 0 Å². The molecule has 0 N–H and O–H groups in total. The molecule has 1 saturated heterocycles. The van der Waals surface area contributed by atoms with Crippen molar-refractivity contribution in [2.24, 2.45) is 0 Å². The minimum atomic E-state index is -0.0605. The highest BCUT2D eigenvalue weighted by Crippen LogP contribution is 2.33. The molecule has 1 fully saturated rings. The molecule has 0 amide bonds. The van der Waals surface area contributed by atoms with E-state index in [1.807, 2.05) is 9.36 Å². The van der Waals surface area contributed by atoms with Gasteiger partial charge in [-0.3, -0.25) is 9.80 Å². The third-order valence-electron chi connectivity index (χ3n) is 8.25. The van der Waals surface area contributed by atoms with Crippen LogP contribution in [0.2, 0.25) is 0 Å². The highest BCUT2D eigenvalue weighted by atomic mass is 32.1. The molecule has 12 heteroatoms. The summed E-state index contributed by atoms with van der Waals surface area (Å²) in [5.41, 5.74) is 4.86. The van der Waals surface area contributed by atoms with E-state index in [2.05, 4.69) is 138 Å². The van der Waals surface area contributed by atoms with Crippen LogP contribution in [-0.4, -0.2) is 76.4 Å². The van der Waals surface area contributed by atoms with Gasteiger partial charge in [-0.15, -0.1) is 32.9 Å². The number of nitrogens with zero attached hydrogens (tertiary/aromatic N) is 10. The molecule has 10 nitrogen and oxygen atoms in total. The Hall–Kier alpha value is -4.10. The summed E-state index contributed by atoms with van der Waals surface area (Å²) in [5.74, 6) is 1.73. The van der Waals surface area contributed by atoms with E-state index in [1.54, 1.807) is 22.7 Å². The topological polar surface area (TPSA) is 93.7 Å². The molecule has 0 spiro atoms. The van der Waals surface area contributed by atoms with Crippen LogP contribution in [0, 0.1) is 13.8 Å². The van der Waals surface area contributed by atoms with Gasteiger partial charge in [-0.25, -0.2) is 9.36 Å². The molecule has 0 bridgehead atoms. The van der Waals surface area contributed by atoms with Gasteiger partial charge >= 0.3 is 0 Å². The summed E-state index contributed by atoms with van der Waals surface area (Å²) in [6.07, 6.45) is 0. The first-order chi connectivity index (χ1) is 21.6. The average Bonchev–Trinajstić information content (AvgIpc) is 3.88. The number of rotatable bonds is 10. The average molecular weight is 623 g/mol. The largest absolute Gasteiger partial charge is 0.287 e. The van der Waals surface area contributed by atoms with Gasteiger partial charge in [0.15, 0.2) is 11.6 Å². The van der Waals surface area contributed by atoms with Crippen molar-refractivity contribution in [2.45, 2.75) is 39.0 Å². The number of tetrazole rings is 2. The molecule has 0 aliphatic carbocycles. The van der Waals surface area contributed by atoms with Crippen LogP contribution in [0.3, 0.4) is 0 Å². The van der Waals surface area contributed by atoms with E-state index >= 15 is 0 Å². The predicted molar refractivity (Wildman–Crippen MR) is 172 cm³/mol. The second kappa shape index (κ2) is 12.9. The van der Waals surface area contributed by atoms with Crippen molar-refractivity contribution in [3.63, 3.8) is 0 Å². The summed E-state index contributed by atoms with van der Waals surface area (Å²) in [4.78, 5) is 7.48. The number of piperazine rings is 1. The molecule has 1 aliphatic rings. The first-order valence-corrected chi connectivity index (χ1v) is 16.6. The molecule has 4 aromatic heterocycles. The van der Waals surface area contributed by atoms with E-state index in [1.165, 1.54) is 32.0 Å². The second-order valence-corrected chi connectivity index (χ2v) is 13.3. The first kappa shape index (κ1) is 28.7. The highest BCUT2D eigenvalue weighted by Gasteiger charge is 2.35. The third kappa shape index (κ3) is 6.11. The van der Waals surface area contributed by atoms with Crippen LogP contribution in [0.4, 0.5) is 0 Å². The Morgan fingerprint density at radius 1 is 0.591 bits per heavy atom. The van der Waals surface area contributed by atoms with Gasteiger partial charge in [-0.2, -0.15) is 0 Å². The molecular formula is C32H34N10S2. The van der Waals surface area contributed by atoms with Crippen LogP contribution in [0.25, 0.3) is 0 Å². The maximum atomic E-state index is 4.59. The van der Waals surface area contributed by atoms with Crippen LogP contribution < -0.4 is 0 Å². The molecule has 7 rings (SSSR count). The molecule has 5 heterocycles. The SMILES string of the molecule is Cc1ccc(C(c2nnnn2Cc2cccs2)N2CCN(C(c3ccc(C)cc3)c3nnnn3Cc3cccs3)CC2)cc1. The monoisotopic (exact) mass is 622 g/mol. The molecule has 224 valence electrons. The summed E-state index contributed by atoms with van der Waals surface area (Å²) < 4.78 is 3.91. The number of benzene rings is 2. The number of aromatic nitrogens is 8. The molecule has 2 aromatic carbocycles. The van der Waals surface area contributed by atoms with E-state index in [4.69, 9.17) is 0 Å². The lowest BCUT2D eigenvalue weighted by Gasteiger charge is -2.41. The summed E-state index contributed by atoms with van der Waals surface area (Å²) in [6.45, 7) is 8.94. The van der Waals surface area contributed by atoms with Gasteiger partial charge in [0.25, 0.3) is 0 Å². The van der Waals surface area contributed by atoms with E-state index in [9.17, 15) is 0 Å². The molecular weight excluding hydrogens is 589 g/mol. The normalized spacial score (nSPS) is 15.9. The van der Waals surface area contributed by atoms with Gasteiger partial charge in [0, 0.05) is 35.9 Å². The highest BCUT2D eigenvalue weighted by molar-refractivity contribution is 7.10. The Morgan fingerprint density at radius 2 is 1.00 bits per heavy atom. The van der Waals surface area contributed by atoms with Crippen LogP contribution in [0.1, 0.15) is 55.7 Å². The van der Waals surface area contributed by atoms with Crippen molar-refractivity contribution in [3.05, 3.63) is 127 Å². The number of hydrogen-bond acceptors (Lipinski definition) is 10. The summed E-state index contributed by atoms with van der Waals surface area (Å²) >= 11 is 3.45. The van der Waals surface area contributed by atoms with E-state index in [0.29, 0.717) is 13.1 Å². The second-order valence-electron chi connectivity index (χ2n) is 11.2. The summed E-state index contributed by atoms with van der Waals surface area (Å²) in [7, 11) is 0. The predicted octanol–water partition coefficient (Wildman–Crippen LogP) is 4.99. The van der Waals surface area contributed by atoms with Crippen molar-refractivity contribution in [1.29, 1.82) is 0 Å². The maximum absolute atomic E-state index is 4.59. The van der Waals surface area contributed by atoms with Crippen LogP contribution >= 0.6 is 22.7 Å². The van der Waals surface area contributed by atoms with Gasteiger partial charge in [0.05, 0.1) is 25.2 Å². The zero-order valence-electron chi connectivity index (χ0n) is 24.8. The minimum absolute atomic E-state index is 0.0605. The third-order valence-corrected chi connectivity index (χ3v) is 9.97. The lowest BCUT2D eigenvalue weighted by Crippen LogP contribution is -2.50. The Labute approximate surface area is 264 Å². The number of aryl methyl sites for hydroxylation is 2. The molecule has 6 aromatic rings. The zero-order chi connectivity index (χ0) is 29.9. The fraction of sp³-hybridized carbons (Fsp3) is 0.312. The minimum Gasteiger partial charge on any atom is -0.287 e. The van der Waals surface area contributed by atoms with E-state index in [-0.39, 0.29) is 12.1 Å². The van der Waals surface area contributed by atoms with E-state index in [0.717, 1.165) is 37.8 Å². The lowest BCUT2D eigenvalue weighted by molar-refractivity contribution is 0.0826. The smallest absolute Gasteiger partial charge is 0.173 e. The van der Waals surface area contributed by atoms with Crippen molar-refractivity contribution >= 4 is 22.7 Å². The maximum Gasteiger partial charge on any atom is 0.173 e. The van der Waals surface area contributed by atoms with Gasteiger partial charge < -0.3 is 0 Å². The summed E-state index contributed by atoms with van der Waals surface area (Å²) in [5, 5.41) is 30.5. The van der Waals surface area contributed by atoms with Gasteiger partial charge in [0.1, 0.15) is 0 Å². The standard InChI is InChI=1S/C32H34N10S2/c1-23-7-11-25(12-8-23)29(31-33-35-37-41(31)21-27-5-3-19-43-27)39-15-17-40(18-16-39)30(26-13-9-24(2)10-14-26)32-34-36-38-42(32)22-28-6-4-20-44-28/h3-14,19-20,29-30H,15-18,21-22H2,1-2H3. The van der Waals surface area contributed by atoms with Crippen LogP contribution in [-0.2, 0) is 13.1 Å². The Morgan fingerprint density at radius 3 is 1.36 bits per heavy atom. The van der Waals surface area contributed by atoms with Crippen LogP contribution in [0.15, 0.2) is 83.6 Å². The molecule has 0 saturated carbocycles. The van der Waals surface area contributed by atoms with Gasteiger partial charge in [0.2, 0.25) is 0 Å². The molecule has 0 radical (unpaired) electrons. The fourth-order valence-corrected chi connectivity index (χ4v) is 7.31. The number of hydrogen-bond donors (Lipinski definition) is 0. The Balaban J connectivity index is 1.18. The lowest BCUT2D eigenvalue weighted by atomic mass is 9.99. The van der Waals surface area contributed by atoms with Crippen molar-refractivity contribution in [3.8, 4) is 0 Å². The zero-order valence-corrected chi connectivity index (χ0v) is 26.4. The molecule has 1 aliphatic heterocycles. The van der Waals surface area contributed by atoms with Gasteiger partial charge in [-0.1, -0.05) is 71.8 Å². The van der Waals surface area contributed by atoms with Crippen LogP contribution in [0.5, 0.6) is 0 Å². The molecule has 44 heavy (non-hydrogen) atoms. The van der Waals surface area contributed by atoms with Gasteiger partial charge in [-0.05, 0) is 68.7 Å². The Kier molecular flexibility index (Phi) is 8.38. The Bertz CT molecular complexity index is 1620.